The van der Waals surface area contributed by atoms with Gasteiger partial charge in [0.2, 0.25) is 0 Å². The van der Waals surface area contributed by atoms with Crippen LogP contribution in [0.25, 0.3) is 0 Å². The first kappa shape index (κ1) is 11.4. The molecule has 1 N–H and O–H groups in total. The summed E-state index contributed by atoms with van der Waals surface area (Å²) in [6, 6.07) is 13.9. The van der Waals surface area contributed by atoms with Crippen molar-refractivity contribution in [2.45, 2.75) is 13.0 Å². The second kappa shape index (κ2) is 4.54. The highest BCUT2D eigenvalue weighted by Gasteiger charge is 2.21. The van der Waals surface area contributed by atoms with Gasteiger partial charge in [0.15, 0.2) is 0 Å². The van der Waals surface area contributed by atoms with Crippen molar-refractivity contribution in [1.29, 1.82) is 0 Å². The van der Waals surface area contributed by atoms with Crippen LogP contribution in [0, 0.1) is 6.92 Å². The lowest BCUT2D eigenvalue weighted by atomic mass is 10.1. The molecule has 0 spiro atoms. The maximum atomic E-state index is 6.03. The lowest BCUT2D eigenvalue weighted by Crippen LogP contribution is -2.24. The Hall–Kier alpha value is -1.67. The summed E-state index contributed by atoms with van der Waals surface area (Å²) in [5.74, 6) is 0.909. The van der Waals surface area contributed by atoms with E-state index in [1.165, 1.54) is 5.56 Å². The van der Waals surface area contributed by atoms with Crippen molar-refractivity contribution in [3.05, 3.63) is 58.6 Å². The fraction of sp³-hybridized carbons (Fsp3) is 0.200. The highest BCUT2D eigenvalue weighted by molar-refractivity contribution is 6.30. The molecule has 2 aromatic rings. The van der Waals surface area contributed by atoms with Crippen molar-refractivity contribution in [2.75, 3.05) is 11.9 Å². The molecule has 0 amide bonds. The van der Waals surface area contributed by atoms with Gasteiger partial charge in [-0.15, -0.1) is 0 Å². The van der Waals surface area contributed by atoms with Gasteiger partial charge < -0.3 is 10.1 Å². The molecule has 2 aromatic carbocycles. The van der Waals surface area contributed by atoms with E-state index in [1.807, 2.05) is 36.4 Å². The highest BCUT2D eigenvalue weighted by atomic mass is 35.5. The third kappa shape index (κ3) is 2.04. The second-order valence-electron chi connectivity index (χ2n) is 4.49. The number of rotatable bonds is 1. The Morgan fingerprint density at radius 2 is 2.06 bits per heavy atom. The van der Waals surface area contributed by atoms with Gasteiger partial charge in [-0.25, -0.2) is 0 Å². The molecule has 1 heterocycles. The average molecular weight is 260 g/mol. The van der Waals surface area contributed by atoms with Gasteiger partial charge in [-0.1, -0.05) is 35.9 Å². The second-order valence-corrected chi connectivity index (χ2v) is 4.93. The monoisotopic (exact) mass is 259 g/mol. The van der Waals surface area contributed by atoms with Gasteiger partial charge in [0.25, 0.3) is 0 Å². The first-order chi connectivity index (χ1) is 8.74. The summed E-state index contributed by atoms with van der Waals surface area (Å²) >= 11 is 6.01. The van der Waals surface area contributed by atoms with E-state index in [4.69, 9.17) is 16.3 Å². The molecule has 0 saturated heterocycles. The number of anilines is 1. The van der Waals surface area contributed by atoms with Crippen molar-refractivity contribution in [3.63, 3.8) is 0 Å². The third-order valence-electron chi connectivity index (χ3n) is 3.19. The zero-order valence-electron chi connectivity index (χ0n) is 10.1. The fourth-order valence-corrected chi connectivity index (χ4v) is 2.45. The minimum atomic E-state index is 0.0120. The molecule has 1 atom stereocenters. The molecule has 1 aliphatic rings. The van der Waals surface area contributed by atoms with E-state index in [0.717, 1.165) is 28.6 Å². The van der Waals surface area contributed by atoms with Gasteiger partial charge in [0.1, 0.15) is 11.9 Å². The Morgan fingerprint density at radius 1 is 1.22 bits per heavy atom. The molecule has 0 fully saturated rings. The normalized spacial score (nSPS) is 17.6. The number of hydrogen-bond donors (Lipinski definition) is 1. The number of fused-ring (bicyclic) bond motifs is 1. The Labute approximate surface area is 112 Å². The van der Waals surface area contributed by atoms with E-state index in [0.29, 0.717) is 0 Å². The van der Waals surface area contributed by atoms with Crippen LogP contribution in [0.5, 0.6) is 5.75 Å². The van der Waals surface area contributed by atoms with Crippen molar-refractivity contribution < 1.29 is 4.74 Å². The maximum absolute atomic E-state index is 6.03. The SMILES string of the molecule is Cc1cccc2c1NCC(c1cccc(Cl)c1)O2. The van der Waals surface area contributed by atoms with E-state index < -0.39 is 0 Å². The maximum Gasteiger partial charge on any atom is 0.143 e. The molecule has 2 nitrogen and oxygen atoms in total. The lowest BCUT2D eigenvalue weighted by Gasteiger charge is -2.28. The molecule has 0 aliphatic carbocycles. The van der Waals surface area contributed by atoms with Gasteiger partial charge >= 0.3 is 0 Å². The molecule has 0 saturated carbocycles. The highest BCUT2D eigenvalue weighted by Crippen LogP contribution is 2.36. The summed E-state index contributed by atoms with van der Waals surface area (Å²) in [6.07, 6.45) is 0.0120. The van der Waals surface area contributed by atoms with Crippen LogP contribution in [0.3, 0.4) is 0 Å². The van der Waals surface area contributed by atoms with Gasteiger partial charge in [0.05, 0.1) is 12.2 Å². The number of halogens is 1. The van der Waals surface area contributed by atoms with Crippen LogP contribution < -0.4 is 10.1 Å². The summed E-state index contributed by atoms with van der Waals surface area (Å²) in [4.78, 5) is 0. The van der Waals surface area contributed by atoms with Crippen LogP contribution in [0.15, 0.2) is 42.5 Å². The summed E-state index contributed by atoms with van der Waals surface area (Å²) < 4.78 is 6.03. The molecule has 0 bridgehead atoms. The zero-order chi connectivity index (χ0) is 12.5. The van der Waals surface area contributed by atoms with Gasteiger partial charge in [-0.3, -0.25) is 0 Å². The van der Waals surface area contributed by atoms with Crippen LogP contribution in [-0.2, 0) is 0 Å². The summed E-state index contributed by atoms with van der Waals surface area (Å²) in [6.45, 7) is 2.84. The fourth-order valence-electron chi connectivity index (χ4n) is 2.25. The number of benzene rings is 2. The average Bonchev–Trinajstić information content (AvgIpc) is 2.39. The molecule has 1 aliphatic heterocycles. The van der Waals surface area contributed by atoms with Crippen molar-refractivity contribution in [2.24, 2.45) is 0 Å². The molecule has 92 valence electrons. The first-order valence-corrected chi connectivity index (χ1v) is 6.37. The summed E-state index contributed by atoms with van der Waals surface area (Å²) in [5, 5.41) is 4.17. The number of para-hydroxylation sites is 1. The van der Waals surface area contributed by atoms with E-state index in [-0.39, 0.29) is 6.10 Å². The minimum absolute atomic E-state index is 0.0120. The Balaban J connectivity index is 1.91. The Bertz CT molecular complexity index is 582. The van der Waals surface area contributed by atoms with Crippen LogP contribution in [0.2, 0.25) is 5.02 Å². The number of nitrogens with one attached hydrogen (secondary N) is 1. The lowest BCUT2D eigenvalue weighted by molar-refractivity contribution is 0.210. The molecular formula is C15H14ClNO. The van der Waals surface area contributed by atoms with Crippen LogP contribution in [-0.4, -0.2) is 6.54 Å². The van der Waals surface area contributed by atoms with Crippen molar-refractivity contribution in [1.82, 2.24) is 0 Å². The molecule has 0 aromatic heterocycles. The van der Waals surface area contributed by atoms with Gasteiger partial charge in [-0.2, -0.15) is 0 Å². The molecule has 1 unspecified atom stereocenters. The van der Waals surface area contributed by atoms with Crippen LogP contribution >= 0.6 is 11.6 Å². The molecule has 0 radical (unpaired) electrons. The number of ether oxygens (including phenoxy) is 1. The van der Waals surface area contributed by atoms with Crippen LogP contribution in [0.4, 0.5) is 5.69 Å². The van der Waals surface area contributed by atoms with Crippen molar-refractivity contribution >= 4 is 17.3 Å². The molecule has 3 heteroatoms. The summed E-state index contributed by atoms with van der Waals surface area (Å²) in [5.41, 5.74) is 3.40. The topological polar surface area (TPSA) is 21.3 Å². The number of hydrogen-bond acceptors (Lipinski definition) is 2. The smallest absolute Gasteiger partial charge is 0.143 e. The predicted molar refractivity (Wildman–Crippen MR) is 74.5 cm³/mol. The third-order valence-corrected chi connectivity index (χ3v) is 3.42. The molecular weight excluding hydrogens is 246 g/mol. The standard InChI is InChI=1S/C15H14ClNO/c1-10-4-2-7-13-15(10)17-9-14(18-13)11-5-3-6-12(16)8-11/h2-8,14,17H,9H2,1H3. The van der Waals surface area contributed by atoms with E-state index in [9.17, 15) is 0 Å². The minimum Gasteiger partial charge on any atom is -0.482 e. The van der Waals surface area contributed by atoms with Crippen molar-refractivity contribution in [3.8, 4) is 5.75 Å². The van der Waals surface area contributed by atoms with Crippen LogP contribution in [0.1, 0.15) is 17.2 Å². The molecule has 18 heavy (non-hydrogen) atoms. The van der Waals surface area contributed by atoms with Gasteiger partial charge in [-0.05, 0) is 36.2 Å². The summed E-state index contributed by atoms with van der Waals surface area (Å²) in [7, 11) is 0. The Morgan fingerprint density at radius 3 is 2.89 bits per heavy atom. The van der Waals surface area contributed by atoms with Gasteiger partial charge in [0, 0.05) is 5.02 Å². The van der Waals surface area contributed by atoms with E-state index in [2.05, 4.69) is 18.3 Å². The molecule has 3 rings (SSSR count). The van der Waals surface area contributed by atoms with E-state index >= 15 is 0 Å². The largest absolute Gasteiger partial charge is 0.482 e. The Kier molecular flexibility index (Phi) is 2.88. The van der Waals surface area contributed by atoms with E-state index in [1.54, 1.807) is 0 Å². The first-order valence-electron chi connectivity index (χ1n) is 5.99. The zero-order valence-corrected chi connectivity index (χ0v) is 10.9. The quantitative estimate of drug-likeness (QED) is 0.829. The predicted octanol–water partition coefficient (Wildman–Crippen LogP) is 4.19. The number of aryl methyl sites for hydroxylation is 1.